The van der Waals surface area contributed by atoms with Crippen LogP contribution >= 0.6 is 11.3 Å². The average Bonchev–Trinajstić information content (AvgIpc) is 3.64. The maximum atomic E-state index is 5.30. The van der Waals surface area contributed by atoms with Crippen LogP contribution in [0.3, 0.4) is 0 Å². The van der Waals surface area contributed by atoms with E-state index in [0.29, 0.717) is 0 Å². The van der Waals surface area contributed by atoms with Gasteiger partial charge in [0.2, 0.25) is 0 Å². The van der Waals surface area contributed by atoms with Gasteiger partial charge in [0.15, 0.2) is 5.82 Å². The van der Waals surface area contributed by atoms with Crippen LogP contribution in [0.5, 0.6) is 0 Å². The number of benzene rings is 6. The molecular weight excluding hydrogens is 567 g/mol. The van der Waals surface area contributed by atoms with Crippen LogP contribution in [0.4, 0.5) is 0 Å². The first-order valence-corrected chi connectivity index (χ1v) is 16.0. The number of fused-ring (bicyclic) bond motifs is 6. The van der Waals surface area contributed by atoms with Crippen molar-refractivity contribution in [2.45, 2.75) is 6.92 Å². The Labute approximate surface area is 264 Å². The minimum absolute atomic E-state index is 0.749. The Morgan fingerprint density at radius 1 is 0.556 bits per heavy atom. The fourth-order valence-electron chi connectivity index (χ4n) is 6.65. The summed E-state index contributed by atoms with van der Waals surface area (Å²) in [7, 11) is 0. The molecule has 3 aromatic heterocycles. The summed E-state index contributed by atoms with van der Waals surface area (Å²) in [5, 5.41) is 3.70. The molecule has 9 aromatic rings. The SMILES string of the molecule is Cc1cccc(-c2nc(-c3ccccc3)c3sc4cccc(-c5cccc(-n6c7ccccc7c7ccccc76)c5)c4c3n2)c1. The van der Waals surface area contributed by atoms with Crippen LogP contribution < -0.4 is 0 Å². The molecule has 212 valence electrons. The molecule has 0 saturated heterocycles. The van der Waals surface area contributed by atoms with Crippen molar-refractivity contribution in [3.63, 3.8) is 0 Å². The molecule has 3 heterocycles. The lowest BCUT2D eigenvalue weighted by Crippen LogP contribution is -1.95. The Kier molecular flexibility index (Phi) is 5.90. The topological polar surface area (TPSA) is 30.7 Å². The number of aryl methyl sites for hydroxylation is 1. The molecule has 45 heavy (non-hydrogen) atoms. The van der Waals surface area contributed by atoms with E-state index in [9.17, 15) is 0 Å². The number of rotatable bonds is 4. The molecule has 3 nitrogen and oxygen atoms in total. The maximum Gasteiger partial charge on any atom is 0.160 e. The van der Waals surface area contributed by atoms with Gasteiger partial charge >= 0.3 is 0 Å². The number of hydrogen-bond donors (Lipinski definition) is 0. The Bertz CT molecular complexity index is 2500. The third-order valence-corrected chi connectivity index (χ3v) is 9.81. The summed E-state index contributed by atoms with van der Waals surface area (Å²) in [4.78, 5) is 10.5. The Morgan fingerprint density at radius 3 is 2.00 bits per heavy atom. The van der Waals surface area contributed by atoms with E-state index in [4.69, 9.17) is 9.97 Å². The van der Waals surface area contributed by atoms with Gasteiger partial charge in [0.1, 0.15) is 0 Å². The van der Waals surface area contributed by atoms with Crippen molar-refractivity contribution in [1.29, 1.82) is 0 Å². The smallest absolute Gasteiger partial charge is 0.160 e. The molecule has 0 aliphatic rings. The molecular formula is C41H27N3S. The van der Waals surface area contributed by atoms with Crippen LogP contribution in [0.25, 0.3) is 81.6 Å². The second-order valence-electron chi connectivity index (χ2n) is 11.5. The van der Waals surface area contributed by atoms with Gasteiger partial charge < -0.3 is 4.57 Å². The fraction of sp³-hybridized carbons (Fsp3) is 0.0244. The van der Waals surface area contributed by atoms with Crippen LogP contribution in [-0.4, -0.2) is 14.5 Å². The van der Waals surface area contributed by atoms with Gasteiger partial charge in [-0.1, -0.05) is 115 Å². The highest BCUT2D eigenvalue weighted by Gasteiger charge is 2.20. The van der Waals surface area contributed by atoms with Gasteiger partial charge in [-0.05, 0) is 54.4 Å². The second-order valence-corrected chi connectivity index (χ2v) is 12.6. The molecule has 0 aliphatic carbocycles. The lowest BCUT2D eigenvalue weighted by atomic mass is 10.00. The van der Waals surface area contributed by atoms with Crippen LogP contribution in [0.1, 0.15) is 5.56 Å². The third-order valence-electron chi connectivity index (χ3n) is 8.66. The molecule has 0 atom stereocenters. The summed E-state index contributed by atoms with van der Waals surface area (Å²) in [5.74, 6) is 0.749. The largest absolute Gasteiger partial charge is 0.309 e. The maximum absolute atomic E-state index is 5.30. The molecule has 0 fully saturated rings. The molecule has 4 heteroatoms. The second kappa shape index (κ2) is 10.3. The summed E-state index contributed by atoms with van der Waals surface area (Å²) in [6.07, 6.45) is 0. The van der Waals surface area contributed by atoms with Gasteiger partial charge in [0.05, 0.1) is 26.9 Å². The number of para-hydroxylation sites is 2. The van der Waals surface area contributed by atoms with E-state index in [0.717, 1.165) is 44.1 Å². The molecule has 0 spiro atoms. The van der Waals surface area contributed by atoms with Gasteiger partial charge in [-0.15, -0.1) is 11.3 Å². The zero-order valence-electron chi connectivity index (χ0n) is 24.6. The molecule has 9 rings (SSSR count). The molecule has 0 N–H and O–H groups in total. The number of nitrogens with zero attached hydrogens (tertiary/aromatic N) is 3. The highest BCUT2D eigenvalue weighted by Crippen LogP contribution is 2.44. The van der Waals surface area contributed by atoms with Gasteiger partial charge in [-0.3, -0.25) is 0 Å². The summed E-state index contributed by atoms with van der Waals surface area (Å²) < 4.78 is 4.70. The van der Waals surface area contributed by atoms with E-state index in [1.807, 2.05) is 0 Å². The summed E-state index contributed by atoms with van der Waals surface area (Å²) >= 11 is 1.77. The molecule has 6 aromatic carbocycles. The quantitative estimate of drug-likeness (QED) is 0.203. The standard InChI is InChI=1S/C41H27N3S/c1-26-12-9-16-29(24-26)41-42-38(27-13-3-2-4-14-27)40-39(43-41)37-31(20-11-23-36(37)45-40)28-15-10-17-30(25-28)44-34-21-7-5-18-32(34)33-19-6-8-22-35(33)44/h2-25H,1H3. The van der Waals surface area contributed by atoms with Crippen molar-refractivity contribution >= 4 is 53.4 Å². The lowest BCUT2D eigenvalue weighted by Gasteiger charge is -2.11. The van der Waals surface area contributed by atoms with E-state index in [1.165, 1.54) is 43.0 Å². The van der Waals surface area contributed by atoms with Crippen LogP contribution in [0.2, 0.25) is 0 Å². The van der Waals surface area contributed by atoms with Crippen molar-refractivity contribution in [3.8, 4) is 39.5 Å². The zero-order chi connectivity index (χ0) is 29.9. The van der Waals surface area contributed by atoms with Gasteiger partial charge in [0, 0.05) is 37.7 Å². The molecule has 0 bridgehead atoms. The first-order valence-electron chi connectivity index (χ1n) is 15.2. The van der Waals surface area contributed by atoms with E-state index in [2.05, 4.69) is 157 Å². The molecule has 0 saturated carbocycles. The highest BCUT2D eigenvalue weighted by atomic mass is 32.1. The molecule has 0 unspecified atom stereocenters. The van der Waals surface area contributed by atoms with Crippen molar-refractivity contribution in [2.75, 3.05) is 0 Å². The molecule has 0 aliphatic heterocycles. The number of hydrogen-bond acceptors (Lipinski definition) is 3. The minimum Gasteiger partial charge on any atom is -0.309 e. The van der Waals surface area contributed by atoms with Crippen molar-refractivity contribution in [2.24, 2.45) is 0 Å². The summed E-state index contributed by atoms with van der Waals surface area (Å²) in [6, 6.07) is 51.8. The van der Waals surface area contributed by atoms with Gasteiger partial charge in [0.25, 0.3) is 0 Å². The summed E-state index contributed by atoms with van der Waals surface area (Å²) in [6.45, 7) is 2.11. The summed E-state index contributed by atoms with van der Waals surface area (Å²) in [5.41, 5.74) is 11.2. The van der Waals surface area contributed by atoms with Crippen LogP contribution in [-0.2, 0) is 0 Å². The first-order chi connectivity index (χ1) is 22.2. The molecule has 0 amide bonds. The number of thiophene rings is 1. The average molecular weight is 594 g/mol. The lowest BCUT2D eigenvalue weighted by molar-refractivity contribution is 1.18. The first kappa shape index (κ1) is 25.9. The van der Waals surface area contributed by atoms with E-state index in [1.54, 1.807) is 11.3 Å². The molecule has 0 radical (unpaired) electrons. The van der Waals surface area contributed by atoms with Crippen molar-refractivity contribution in [3.05, 3.63) is 151 Å². The normalized spacial score (nSPS) is 11.7. The minimum atomic E-state index is 0.749. The Balaban J connectivity index is 1.31. The Hall–Kier alpha value is -5.58. The van der Waals surface area contributed by atoms with E-state index >= 15 is 0 Å². The zero-order valence-corrected chi connectivity index (χ0v) is 25.4. The van der Waals surface area contributed by atoms with Gasteiger partial charge in [-0.25, -0.2) is 9.97 Å². The monoisotopic (exact) mass is 593 g/mol. The number of aromatic nitrogens is 3. The van der Waals surface area contributed by atoms with Crippen molar-refractivity contribution < 1.29 is 0 Å². The predicted molar refractivity (Wildman–Crippen MR) is 190 cm³/mol. The Morgan fingerprint density at radius 2 is 1.22 bits per heavy atom. The third kappa shape index (κ3) is 4.18. The van der Waals surface area contributed by atoms with Crippen LogP contribution in [0.15, 0.2) is 146 Å². The van der Waals surface area contributed by atoms with Gasteiger partial charge in [-0.2, -0.15) is 0 Å². The fourth-order valence-corrected chi connectivity index (χ4v) is 7.83. The highest BCUT2D eigenvalue weighted by molar-refractivity contribution is 7.26. The van der Waals surface area contributed by atoms with Crippen LogP contribution in [0, 0.1) is 6.92 Å². The van der Waals surface area contributed by atoms with E-state index < -0.39 is 0 Å². The predicted octanol–water partition coefficient (Wildman–Crippen LogP) is 11.3. The van der Waals surface area contributed by atoms with E-state index in [-0.39, 0.29) is 0 Å². The van der Waals surface area contributed by atoms with Crippen molar-refractivity contribution in [1.82, 2.24) is 14.5 Å².